The van der Waals surface area contributed by atoms with Crippen molar-refractivity contribution in [2.45, 2.75) is 25.5 Å². The molecule has 0 unspecified atom stereocenters. The molecule has 1 N–H and O–H groups in total. The normalized spacial score (nSPS) is 22.3. The number of nitrogens with zero attached hydrogens (tertiary/aromatic N) is 1. The van der Waals surface area contributed by atoms with E-state index in [4.69, 9.17) is 9.47 Å². The first-order chi connectivity index (χ1) is 10.3. The van der Waals surface area contributed by atoms with Crippen molar-refractivity contribution in [2.75, 3.05) is 33.0 Å². The van der Waals surface area contributed by atoms with Crippen LogP contribution in [-0.4, -0.2) is 55.0 Å². The highest BCUT2D eigenvalue weighted by molar-refractivity contribution is 5.77. The first-order valence-corrected chi connectivity index (χ1v) is 7.42. The Morgan fingerprint density at radius 1 is 1.43 bits per heavy atom. The second-order valence-corrected chi connectivity index (χ2v) is 4.98. The second-order valence-electron chi connectivity index (χ2n) is 4.98. The smallest absolute Gasteiger partial charge is 0.225 e. The average Bonchev–Trinajstić information content (AvgIpc) is 2.55. The SMILES string of the molecule is CCOCCC(=O)N1CCO[C@H](CO)[C@H]1c1ccccc1. The third-order valence-electron chi connectivity index (χ3n) is 3.66. The Morgan fingerprint density at radius 2 is 2.19 bits per heavy atom. The van der Waals surface area contributed by atoms with Gasteiger partial charge in [-0.05, 0) is 12.5 Å². The van der Waals surface area contributed by atoms with Crippen LogP contribution in [0.25, 0.3) is 0 Å². The molecule has 116 valence electrons. The molecule has 1 saturated heterocycles. The van der Waals surface area contributed by atoms with Crippen LogP contribution in [0.4, 0.5) is 0 Å². The lowest BCUT2D eigenvalue weighted by Crippen LogP contribution is -2.49. The number of aliphatic hydroxyl groups excluding tert-OH is 1. The predicted octanol–water partition coefficient (Wildman–Crippen LogP) is 1.37. The molecule has 1 heterocycles. The van der Waals surface area contributed by atoms with Gasteiger partial charge in [0.25, 0.3) is 0 Å². The van der Waals surface area contributed by atoms with E-state index in [1.165, 1.54) is 0 Å². The number of hydrogen-bond donors (Lipinski definition) is 1. The number of carbonyl (C=O) groups is 1. The highest BCUT2D eigenvalue weighted by atomic mass is 16.5. The number of carbonyl (C=O) groups excluding carboxylic acids is 1. The largest absolute Gasteiger partial charge is 0.394 e. The first-order valence-electron chi connectivity index (χ1n) is 7.42. The van der Waals surface area contributed by atoms with Crippen LogP contribution in [0.15, 0.2) is 30.3 Å². The van der Waals surface area contributed by atoms with Gasteiger partial charge >= 0.3 is 0 Å². The zero-order chi connectivity index (χ0) is 15.1. The average molecular weight is 293 g/mol. The van der Waals surface area contributed by atoms with Crippen LogP contribution in [-0.2, 0) is 14.3 Å². The molecule has 0 radical (unpaired) electrons. The maximum atomic E-state index is 12.4. The van der Waals surface area contributed by atoms with E-state index in [-0.39, 0.29) is 24.7 Å². The van der Waals surface area contributed by atoms with E-state index in [1.807, 2.05) is 37.3 Å². The maximum Gasteiger partial charge on any atom is 0.225 e. The van der Waals surface area contributed by atoms with Crippen molar-refractivity contribution in [1.82, 2.24) is 4.90 Å². The zero-order valence-corrected chi connectivity index (χ0v) is 12.4. The molecule has 1 aliphatic rings. The van der Waals surface area contributed by atoms with Gasteiger partial charge in [0, 0.05) is 13.2 Å². The van der Waals surface area contributed by atoms with E-state index in [0.717, 1.165) is 5.56 Å². The predicted molar refractivity (Wildman–Crippen MR) is 78.8 cm³/mol. The molecule has 5 nitrogen and oxygen atoms in total. The minimum Gasteiger partial charge on any atom is -0.394 e. The van der Waals surface area contributed by atoms with Gasteiger partial charge in [0.15, 0.2) is 0 Å². The lowest BCUT2D eigenvalue weighted by atomic mass is 9.98. The van der Waals surface area contributed by atoms with Gasteiger partial charge in [-0.25, -0.2) is 0 Å². The van der Waals surface area contributed by atoms with Crippen molar-refractivity contribution in [3.63, 3.8) is 0 Å². The zero-order valence-electron chi connectivity index (χ0n) is 12.4. The summed E-state index contributed by atoms with van der Waals surface area (Å²) in [5.41, 5.74) is 0.987. The topological polar surface area (TPSA) is 59.0 Å². The molecule has 21 heavy (non-hydrogen) atoms. The number of ether oxygens (including phenoxy) is 2. The Balaban J connectivity index is 2.14. The molecule has 1 aliphatic heterocycles. The van der Waals surface area contributed by atoms with E-state index < -0.39 is 0 Å². The summed E-state index contributed by atoms with van der Waals surface area (Å²) < 4.78 is 10.9. The van der Waals surface area contributed by atoms with Crippen molar-refractivity contribution in [2.24, 2.45) is 0 Å². The molecule has 0 spiro atoms. The van der Waals surface area contributed by atoms with E-state index in [9.17, 15) is 9.90 Å². The molecule has 0 saturated carbocycles. The summed E-state index contributed by atoms with van der Waals surface area (Å²) in [5, 5.41) is 9.55. The van der Waals surface area contributed by atoms with Gasteiger partial charge in [0.05, 0.1) is 32.3 Å². The molecule has 1 amide bonds. The fourth-order valence-corrected chi connectivity index (χ4v) is 2.66. The molecule has 1 aromatic rings. The minimum atomic E-state index is -0.378. The van der Waals surface area contributed by atoms with E-state index in [2.05, 4.69) is 0 Å². The Morgan fingerprint density at radius 3 is 2.86 bits per heavy atom. The molecule has 2 rings (SSSR count). The lowest BCUT2D eigenvalue weighted by molar-refractivity contribution is -0.150. The standard InChI is InChI=1S/C16H23NO4/c1-2-20-10-8-15(19)17-9-11-21-14(12-18)16(17)13-6-4-3-5-7-13/h3-7,14,16,18H,2,8-12H2,1H3/t14-,16-/m1/s1. The Hall–Kier alpha value is -1.43. The van der Waals surface area contributed by atoms with Gasteiger partial charge in [0.2, 0.25) is 5.91 Å². The minimum absolute atomic E-state index is 0.0408. The van der Waals surface area contributed by atoms with Crippen molar-refractivity contribution < 1.29 is 19.4 Å². The fourth-order valence-electron chi connectivity index (χ4n) is 2.66. The summed E-state index contributed by atoms with van der Waals surface area (Å²) in [6, 6.07) is 9.49. The van der Waals surface area contributed by atoms with Crippen LogP contribution in [0, 0.1) is 0 Å². The lowest BCUT2D eigenvalue weighted by Gasteiger charge is -2.41. The number of rotatable bonds is 6. The summed E-state index contributed by atoms with van der Waals surface area (Å²) in [6.45, 7) is 3.84. The van der Waals surface area contributed by atoms with Crippen LogP contribution >= 0.6 is 0 Å². The summed E-state index contributed by atoms with van der Waals surface area (Å²) >= 11 is 0. The second kappa shape index (κ2) is 8.12. The summed E-state index contributed by atoms with van der Waals surface area (Å²) in [6.07, 6.45) is -0.0211. The third kappa shape index (κ3) is 4.03. The van der Waals surface area contributed by atoms with Crippen LogP contribution in [0.1, 0.15) is 24.9 Å². The third-order valence-corrected chi connectivity index (χ3v) is 3.66. The van der Waals surface area contributed by atoms with Crippen LogP contribution in [0.3, 0.4) is 0 Å². The summed E-state index contributed by atoms with van der Waals surface area (Å²) in [7, 11) is 0. The van der Waals surface area contributed by atoms with Crippen molar-refractivity contribution >= 4 is 5.91 Å². The van der Waals surface area contributed by atoms with Crippen molar-refractivity contribution in [1.29, 1.82) is 0 Å². The molecule has 0 aliphatic carbocycles. The molecule has 2 atom stereocenters. The monoisotopic (exact) mass is 293 g/mol. The number of amides is 1. The van der Waals surface area contributed by atoms with Crippen molar-refractivity contribution in [3.05, 3.63) is 35.9 Å². The van der Waals surface area contributed by atoms with E-state index in [0.29, 0.717) is 32.8 Å². The van der Waals surface area contributed by atoms with Gasteiger partial charge in [-0.1, -0.05) is 30.3 Å². The number of hydrogen-bond acceptors (Lipinski definition) is 4. The number of morpholine rings is 1. The molecule has 0 aromatic heterocycles. The molecule has 1 aromatic carbocycles. The molecular weight excluding hydrogens is 270 g/mol. The van der Waals surface area contributed by atoms with Crippen LogP contribution in [0.2, 0.25) is 0 Å². The fraction of sp³-hybridized carbons (Fsp3) is 0.562. The Bertz CT molecular complexity index is 437. The van der Waals surface area contributed by atoms with E-state index in [1.54, 1.807) is 4.90 Å². The highest BCUT2D eigenvalue weighted by Gasteiger charge is 2.35. The van der Waals surface area contributed by atoms with Crippen LogP contribution in [0.5, 0.6) is 0 Å². The number of benzene rings is 1. The van der Waals surface area contributed by atoms with Gasteiger partial charge in [-0.3, -0.25) is 4.79 Å². The highest BCUT2D eigenvalue weighted by Crippen LogP contribution is 2.29. The number of aliphatic hydroxyl groups is 1. The van der Waals surface area contributed by atoms with Gasteiger partial charge < -0.3 is 19.5 Å². The van der Waals surface area contributed by atoms with E-state index >= 15 is 0 Å². The summed E-state index contributed by atoms with van der Waals surface area (Å²) in [5.74, 6) is 0.0408. The van der Waals surface area contributed by atoms with Gasteiger partial charge in [0.1, 0.15) is 6.10 Å². The molecule has 5 heteroatoms. The Labute approximate surface area is 125 Å². The molecule has 0 bridgehead atoms. The molecule has 1 fully saturated rings. The van der Waals surface area contributed by atoms with Gasteiger partial charge in [-0.15, -0.1) is 0 Å². The maximum absolute atomic E-state index is 12.4. The Kier molecular flexibility index (Phi) is 6.17. The van der Waals surface area contributed by atoms with Crippen LogP contribution < -0.4 is 0 Å². The van der Waals surface area contributed by atoms with Crippen molar-refractivity contribution in [3.8, 4) is 0 Å². The van der Waals surface area contributed by atoms with Gasteiger partial charge in [-0.2, -0.15) is 0 Å². The quantitative estimate of drug-likeness (QED) is 0.805. The first kappa shape index (κ1) is 15.9. The summed E-state index contributed by atoms with van der Waals surface area (Å²) in [4.78, 5) is 14.2. The molecular formula is C16H23NO4.